The Kier molecular flexibility index (Phi) is 7.97. The van der Waals surface area contributed by atoms with Crippen molar-refractivity contribution in [2.75, 3.05) is 38.1 Å². The van der Waals surface area contributed by atoms with Crippen LogP contribution in [-0.4, -0.2) is 68.9 Å². The number of aliphatic hydroxyl groups is 1. The van der Waals surface area contributed by atoms with Crippen molar-refractivity contribution in [2.45, 2.75) is 57.3 Å². The topological polar surface area (TPSA) is 82.9 Å². The number of aliphatic hydroxyl groups excluding tert-OH is 1. The largest absolute Gasteiger partial charge is 2.00 e. The average Bonchev–Trinajstić information content (AvgIpc) is 3.32. The maximum absolute atomic E-state index is 11.2. The molecule has 0 aromatic carbocycles. The van der Waals surface area contributed by atoms with Crippen molar-refractivity contribution in [1.82, 2.24) is 19.6 Å². The normalized spacial score (nSPS) is 29.7. The van der Waals surface area contributed by atoms with E-state index in [1.807, 2.05) is 0 Å². The van der Waals surface area contributed by atoms with E-state index in [4.69, 9.17) is 4.74 Å². The molecule has 1 aromatic heterocycles. The Morgan fingerprint density at radius 2 is 2.18 bits per heavy atom. The van der Waals surface area contributed by atoms with Crippen LogP contribution in [0.25, 0.3) is 0 Å². The van der Waals surface area contributed by atoms with Crippen LogP contribution in [0.1, 0.15) is 51.8 Å². The molecule has 1 saturated carbocycles. The van der Waals surface area contributed by atoms with E-state index >= 15 is 0 Å². The molecule has 33 heavy (non-hydrogen) atoms. The first-order valence-electron chi connectivity index (χ1n) is 12.0. The molecular formula is C24H35N5O3U. The summed E-state index contributed by atoms with van der Waals surface area (Å²) in [5.41, 5.74) is 0.264. The number of carbonyl (C=O) groups excluding carboxylic acids is 1. The van der Waals surface area contributed by atoms with Crippen LogP contribution in [0.4, 0.5) is 5.82 Å². The first-order valence-corrected chi connectivity index (χ1v) is 12.0. The van der Waals surface area contributed by atoms with Gasteiger partial charge in [0.1, 0.15) is 0 Å². The minimum atomic E-state index is -0.804. The minimum absolute atomic E-state index is 0. The monoisotopic (exact) mass is 679 g/mol. The van der Waals surface area contributed by atoms with Crippen LogP contribution in [0, 0.1) is 61.9 Å². The summed E-state index contributed by atoms with van der Waals surface area (Å²) in [5.74, 6) is 3.40. The number of hydrogen-bond donors (Lipinski definition) is 2. The fourth-order valence-electron chi connectivity index (χ4n) is 6.20. The number of anilines is 1. The quantitative estimate of drug-likeness (QED) is 0.432. The number of nitrogens with zero attached hydrogens (tertiary/aromatic N) is 4. The van der Waals surface area contributed by atoms with Crippen molar-refractivity contribution in [3.8, 4) is 0 Å². The molecule has 2 aliphatic heterocycles. The van der Waals surface area contributed by atoms with Crippen molar-refractivity contribution in [3.63, 3.8) is 0 Å². The zero-order valence-corrected chi connectivity index (χ0v) is 23.7. The van der Waals surface area contributed by atoms with Gasteiger partial charge in [-0.1, -0.05) is 11.7 Å². The number of amides is 1. The molecule has 4 unspecified atom stereocenters. The van der Waals surface area contributed by atoms with Gasteiger partial charge in [0.05, 0.1) is 0 Å². The third-order valence-corrected chi connectivity index (χ3v) is 7.98. The van der Waals surface area contributed by atoms with Crippen LogP contribution >= 0.6 is 0 Å². The number of aromatic nitrogens is 2. The van der Waals surface area contributed by atoms with Gasteiger partial charge < -0.3 is 28.2 Å². The molecule has 178 valence electrons. The van der Waals surface area contributed by atoms with Gasteiger partial charge in [-0.2, -0.15) is 11.5 Å². The van der Waals surface area contributed by atoms with E-state index in [9.17, 15) is 9.90 Å². The van der Waals surface area contributed by atoms with Crippen molar-refractivity contribution in [3.05, 3.63) is 31.0 Å². The van der Waals surface area contributed by atoms with Gasteiger partial charge in [0.15, 0.2) is 5.82 Å². The van der Waals surface area contributed by atoms with Crippen molar-refractivity contribution >= 4 is 11.7 Å². The Hall–Kier alpha value is -0.848. The summed E-state index contributed by atoms with van der Waals surface area (Å²) < 4.78 is 7.21. The number of hydrogen-bond acceptors (Lipinski definition) is 6. The Morgan fingerprint density at radius 1 is 1.39 bits per heavy atom. The molecule has 4 aliphatic rings. The second-order valence-corrected chi connectivity index (χ2v) is 9.88. The number of allylic oxidation sites excluding steroid dienone is 2. The second kappa shape index (κ2) is 10.4. The van der Waals surface area contributed by atoms with Gasteiger partial charge in [-0.05, 0) is 63.6 Å². The fourth-order valence-corrected chi connectivity index (χ4v) is 6.20. The number of fused-ring (bicyclic) bond motifs is 1. The summed E-state index contributed by atoms with van der Waals surface area (Å²) in [5, 5.41) is 17.8. The van der Waals surface area contributed by atoms with Gasteiger partial charge in [-0.3, -0.25) is 14.6 Å². The molecule has 2 saturated heterocycles. The molecule has 2 aliphatic carbocycles. The molecule has 3 fully saturated rings. The van der Waals surface area contributed by atoms with Crippen LogP contribution < -0.4 is 5.32 Å². The predicted octanol–water partition coefficient (Wildman–Crippen LogP) is 2.41. The van der Waals surface area contributed by atoms with E-state index in [2.05, 4.69) is 33.2 Å². The van der Waals surface area contributed by atoms with Crippen molar-refractivity contribution in [1.29, 1.82) is 0 Å². The molecule has 5 rings (SSSR count). The number of carbonyl (C=O) groups is 1. The standard InChI is InChI=1S/C24H35N5O3.U/c1-3-32-21-6-5-18(19-15-20(19)21)16-28-11-4-8-24(28)9-13-27(14-10-24)23(31)29-12-7-22(26-29)25-17(2)30;/h7,12,18-20,23,31H,1,3-5,8-11,13-16H2,2H3,(H,25,26,30);/q-2;+2. The van der Waals surface area contributed by atoms with Crippen LogP contribution in [-0.2, 0) is 9.53 Å². The number of likely N-dealkylation sites (tertiary alicyclic amines) is 2. The first kappa shape index (κ1) is 25.3. The summed E-state index contributed by atoms with van der Waals surface area (Å²) >= 11 is 0. The number of piperidine rings is 1. The molecule has 8 nitrogen and oxygen atoms in total. The van der Waals surface area contributed by atoms with Crippen LogP contribution in [0.3, 0.4) is 0 Å². The molecule has 4 atom stereocenters. The average molecular weight is 680 g/mol. The van der Waals surface area contributed by atoms with Crippen LogP contribution in [0.5, 0.6) is 0 Å². The van der Waals surface area contributed by atoms with Gasteiger partial charge >= 0.3 is 31.1 Å². The molecule has 1 amide bonds. The number of rotatable bonds is 7. The first-order chi connectivity index (χ1) is 15.5. The predicted molar refractivity (Wildman–Crippen MR) is 120 cm³/mol. The molecule has 1 spiro atoms. The van der Waals surface area contributed by atoms with Crippen LogP contribution in [0.15, 0.2) is 18.0 Å². The van der Waals surface area contributed by atoms with Gasteiger partial charge in [-0.15, -0.1) is 0 Å². The zero-order chi connectivity index (χ0) is 22.3. The third-order valence-electron chi connectivity index (χ3n) is 7.98. The van der Waals surface area contributed by atoms with E-state index in [0.717, 1.165) is 50.6 Å². The van der Waals surface area contributed by atoms with E-state index < -0.39 is 6.35 Å². The molecular weight excluding hydrogens is 644 g/mol. The smallest absolute Gasteiger partial charge is 0.566 e. The summed E-state index contributed by atoms with van der Waals surface area (Å²) in [7, 11) is 0. The third kappa shape index (κ3) is 5.23. The number of ether oxygens (including phenoxy) is 1. The van der Waals surface area contributed by atoms with Gasteiger partial charge in [0.25, 0.3) is 0 Å². The molecule has 9 heteroatoms. The van der Waals surface area contributed by atoms with Gasteiger partial charge in [0.2, 0.25) is 12.3 Å². The minimum Gasteiger partial charge on any atom is -0.566 e. The van der Waals surface area contributed by atoms with E-state index in [-0.39, 0.29) is 42.6 Å². The Balaban J connectivity index is 0.00000259. The molecule has 0 radical (unpaired) electrons. The Bertz CT molecular complexity index is 866. The Labute approximate surface area is 220 Å². The zero-order valence-electron chi connectivity index (χ0n) is 19.5. The van der Waals surface area contributed by atoms with E-state index in [1.54, 1.807) is 12.3 Å². The van der Waals surface area contributed by atoms with E-state index in [0.29, 0.717) is 24.3 Å². The molecule has 0 bridgehead atoms. The maximum Gasteiger partial charge on any atom is 2.00 e. The molecule has 2 N–H and O–H groups in total. The van der Waals surface area contributed by atoms with Crippen molar-refractivity contribution in [2.24, 2.45) is 17.8 Å². The van der Waals surface area contributed by atoms with E-state index in [1.165, 1.54) is 37.4 Å². The van der Waals surface area contributed by atoms with Gasteiger partial charge in [-0.25, -0.2) is 4.68 Å². The SMILES string of the molecule is [CH2-]COC1=[C-]CC(CN2CCCC23CCN(C(O)n2ccc(NC(C)=O)n2)CC3)C2CC12.[U+2]. The maximum atomic E-state index is 11.2. The Morgan fingerprint density at radius 3 is 2.91 bits per heavy atom. The number of nitrogens with one attached hydrogen (secondary N) is 1. The summed E-state index contributed by atoms with van der Waals surface area (Å²) in [6.07, 6.45) is 11.3. The van der Waals surface area contributed by atoms with Gasteiger partial charge in [0, 0.05) is 37.8 Å². The second-order valence-electron chi connectivity index (χ2n) is 9.88. The molecule has 3 heterocycles. The fraction of sp³-hybridized carbons (Fsp3) is 0.708. The van der Waals surface area contributed by atoms with Crippen LogP contribution in [0.2, 0.25) is 0 Å². The summed E-state index contributed by atoms with van der Waals surface area (Å²) in [6, 6.07) is 1.71. The van der Waals surface area contributed by atoms with Crippen molar-refractivity contribution < 1.29 is 45.8 Å². The molecule has 1 aromatic rings. The summed E-state index contributed by atoms with van der Waals surface area (Å²) in [4.78, 5) is 16.1. The summed E-state index contributed by atoms with van der Waals surface area (Å²) in [6.45, 7) is 9.79.